The first-order valence-corrected chi connectivity index (χ1v) is 4.88. The zero-order valence-corrected chi connectivity index (χ0v) is 9.61. The van der Waals surface area contributed by atoms with Gasteiger partial charge < -0.3 is 4.57 Å². The summed E-state index contributed by atoms with van der Waals surface area (Å²) >= 11 is 0. The van der Waals surface area contributed by atoms with E-state index in [1.54, 1.807) is 12.3 Å². The van der Waals surface area contributed by atoms with Gasteiger partial charge in [0.15, 0.2) is 0 Å². The van der Waals surface area contributed by atoms with Crippen molar-refractivity contribution >= 4 is 12.1 Å². The lowest BCUT2D eigenvalue weighted by Gasteiger charge is -1.98. The van der Waals surface area contributed by atoms with Gasteiger partial charge in [-0.3, -0.25) is 4.79 Å². The van der Waals surface area contributed by atoms with Crippen LogP contribution in [-0.2, 0) is 11.8 Å². The van der Waals surface area contributed by atoms with E-state index >= 15 is 0 Å². The average Bonchev–Trinajstić information content (AvgIpc) is 2.47. The highest BCUT2D eigenvalue weighted by molar-refractivity contribution is 5.84. The second-order valence-corrected chi connectivity index (χ2v) is 3.51. The quantitative estimate of drug-likeness (QED) is 0.607. The average molecular weight is 218 g/mol. The second kappa shape index (κ2) is 5.12. The summed E-state index contributed by atoms with van der Waals surface area (Å²) < 4.78 is 2.04. The predicted octanol–water partition coefficient (Wildman–Crippen LogP) is 1.01. The fourth-order valence-electron chi connectivity index (χ4n) is 1.30. The molecule has 16 heavy (non-hydrogen) atoms. The molecule has 0 aliphatic heterocycles. The number of aromatic nitrogens is 1. The van der Waals surface area contributed by atoms with Crippen LogP contribution in [0.2, 0.25) is 0 Å². The van der Waals surface area contributed by atoms with Crippen molar-refractivity contribution in [2.75, 3.05) is 0 Å². The fourth-order valence-corrected chi connectivity index (χ4v) is 1.30. The van der Waals surface area contributed by atoms with Gasteiger partial charge in [0.05, 0.1) is 12.3 Å². The van der Waals surface area contributed by atoms with Gasteiger partial charge in [0, 0.05) is 24.0 Å². The molecule has 0 saturated carbocycles. The van der Waals surface area contributed by atoms with E-state index in [0.29, 0.717) is 0 Å². The largest absolute Gasteiger partial charge is 0.352 e. The molecular formula is C11H14N4O. The van der Waals surface area contributed by atoms with Crippen molar-refractivity contribution in [2.45, 2.75) is 20.3 Å². The second-order valence-electron chi connectivity index (χ2n) is 3.51. The minimum absolute atomic E-state index is 0.176. The van der Waals surface area contributed by atoms with E-state index in [2.05, 4.69) is 10.5 Å². The number of nitrogens with one attached hydrogen (secondary N) is 1. The lowest BCUT2D eigenvalue weighted by Crippen LogP contribution is -2.16. The molecular weight excluding hydrogens is 204 g/mol. The Balaban J connectivity index is 2.67. The number of hydrazone groups is 1. The highest BCUT2D eigenvalue weighted by atomic mass is 16.2. The maximum atomic E-state index is 10.9. The third-order valence-electron chi connectivity index (χ3n) is 2.45. The SMILES string of the molecule is Cc1cc(/C=N\NC(=O)CC#N)c(C)n1C. The van der Waals surface area contributed by atoms with E-state index in [1.807, 2.05) is 31.5 Å². The first-order valence-electron chi connectivity index (χ1n) is 4.88. The van der Waals surface area contributed by atoms with Crippen LogP contribution in [0.5, 0.6) is 0 Å². The number of hydrogen-bond donors (Lipinski definition) is 1. The van der Waals surface area contributed by atoms with E-state index in [4.69, 9.17) is 5.26 Å². The van der Waals surface area contributed by atoms with Crippen LogP contribution in [0.3, 0.4) is 0 Å². The lowest BCUT2D eigenvalue weighted by molar-refractivity contribution is -0.120. The Morgan fingerprint density at radius 3 is 2.88 bits per heavy atom. The van der Waals surface area contributed by atoms with Crippen LogP contribution in [-0.4, -0.2) is 16.7 Å². The number of hydrogen-bond acceptors (Lipinski definition) is 3. The normalized spacial score (nSPS) is 10.4. The van der Waals surface area contributed by atoms with Gasteiger partial charge in [-0.25, -0.2) is 5.43 Å². The summed E-state index contributed by atoms with van der Waals surface area (Å²) in [6.07, 6.45) is 1.40. The van der Waals surface area contributed by atoms with Crippen molar-refractivity contribution < 1.29 is 4.79 Å². The Labute approximate surface area is 94.4 Å². The minimum atomic E-state index is -0.399. The van der Waals surface area contributed by atoms with Gasteiger partial charge >= 0.3 is 0 Å². The van der Waals surface area contributed by atoms with Gasteiger partial charge in [0.25, 0.3) is 5.91 Å². The van der Waals surface area contributed by atoms with Crippen LogP contribution in [0.15, 0.2) is 11.2 Å². The third kappa shape index (κ3) is 2.70. The number of amides is 1. The number of aryl methyl sites for hydroxylation is 1. The molecule has 0 fully saturated rings. The molecule has 0 aliphatic rings. The highest BCUT2D eigenvalue weighted by Crippen LogP contribution is 2.10. The Kier molecular flexibility index (Phi) is 3.84. The molecule has 1 N–H and O–H groups in total. The third-order valence-corrected chi connectivity index (χ3v) is 2.45. The van der Waals surface area contributed by atoms with Gasteiger partial charge in [-0.05, 0) is 19.9 Å². The van der Waals surface area contributed by atoms with Crippen LogP contribution < -0.4 is 5.43 Å². The Hall–Kier alpha value is -2.09. The van der Waals surface area contributed by atoms with Crippen molar-refractivity contribution in [3.63, 3.8) is 0 Å². The zero-order valence-electron chi connectivity index (χ0n) is 9.61. The molecule has 5 nitrogen and oxygen atoms in total. The van der Waals surface area contributed by atoms with Gasteiger partial charge in [-0.15, -0.1) is 0 Å². The van der Waals surface area contributed by atoms with Crippen molar-refractivity contribution in [3.8, 4) is 6.07 Å². The molecule has 1 rings (SSSR count). The first kappa shape index (κ1) is 12.0. The molecule has 0 unspecified atom stereocenters. The Bertz CT molecular complexity index is 465. The van der Waals surface area contributed by atoms with E-state index < -0.39 is 5.91 Å². The molecule has 0 spiro atoms. The van der Waals surface area contributed by atoms with Crippen LogP contribution in [0, 0.1) is 25.2 Å². The first-order chi connectivity index (χ1) is 7.56. The van der Waals surface area contributed by atoms with Gasteiger partial charge in [-0.2, -0.15) is 10.4 Å². The number of rotatable bonds is 3. The molecule has 1 aromatic heterocycles. The van der Waals surface area contributed by atoms with Crippen molar-refractivity contribution in [2.24, 2.45) is 12.1 Å². The number of carbonyl (C=O) groups excluding carboxylic acids is 1. The molecule has 0 saturated heterocycles. The molecule has 0 aliphatic carbocycles. The van der Waals surface area contributed by atoms with Gasteiger partial charge in [0.2, 0.25) is 0 Å². The summed E-state index contributed by atoms with van der Waals surface area (Å²) in [6.45, 7) is 3.98. The Morgan fingerprint density at radius 2 is 2.38 bits per heavy atom. The molecule has 1 aromatic rings. The van der Waals surface area contributed by atoms with E-state index in [9.17, 15) is 4.79 Å². The summed E-state index contributed by atoms with van der Waals surface area (Å²) in [5, 5.41) is 12.1. The molecule has 1 amide bonds. The van der Waals surface area contributed by atoms with Crippen LogP contribution in [0.25, 0.3) is 0 Å². The van der Waals surface area contributed by atoms with Crippen LogP contribution in [0.1, 0.15) is 23.4 Å². The maximum Gasteiger partial charge on any atom is 0.254 e. The van der Waals surface area contributed by atoms with E-state index in [-0.39, 0.29) is 6.42 Å². The Morgan fingerprint density at radius 1 is 1.69 bits per heavy atom. The number of nitriles is 1. The summed E-state index contributed by atoms with van der Waals surface area (Å²) in [4.78, 5) is 10.9. The van der Waals surface area contributed by atoms with E-state index in [0.717, 1.165) is 17.0 Å². The summed E-state index contributed by atoms with van der Waals surface area (Å²) in [5.41, 5.74) is 5.45. The highest BCUT2D eigenvalue weighted by Gasteiger charge is 2.03. The molecule has 5 heteroatoms. The van der Waals surface area contributed by atoms with Gasteiger partial charge in [-0.1, -0.05) is 0 Å². The summed E-state index contributed by atoms with van der Waals surface area (Å²) in [7, 11) is 1.97. The zero-order chi connectivity index (χ0) is 12.1. The number of nitrogens with zero attached hydrogens (tertiary/aromatic N) is 3. The smallest absolute Gasteiger partial charge is 0.254 e. The molecule has 0 atom stereocenters. The van der Waals surface area contributed by atoms with Gasteiger partial charge in [0.1, 0.15) is 6.42 Å². The van der Waals surface area contributed by atoms with Crippen molar-refractivity contribution in [1.82, 2.24) is 9.99 Å². The topological polar surface area (TPSA) is 70.2 Å². The summed E-state index contributed by atoms with van der Waals surface area (Å²) in [5.74, 6) is -0.399. The van der Waals surface area contributed by atoms with Crippen molar-refractivity contribution in [1.29, 1.82) is 5.26 Å². The van der Waals surface area contributed by atoms with Crippen LogP contribution in [0.4, 0.5) is 0 Å². The molecule has 0 aromatic carbocycles. The molecule has 1 heterocycles. The van der Waals surface area contributed by atoms with Crippen LogP contribution >= 0.6 is 0 Å². The van der Waals surface area contributed by atoms with Crippen molar-refractivity contribution in [3.05, 3.63) is 23.0 Å². The molecule has 0 bridgehead atoms. The predicted molar refractivity (Wildman–Crippen MR) is 60.9 cm³/mol. The monoisotopic (exact) mass is 218 g/mol. The lowest BCUT2D eigenvalue weighted by atomic mass is 10.3. The fraction of sp³-hybridized carbons (Fsp3) is 0.364. The summed E-state index contributed by atoms with van der Waals surface area (Å²) in [6, 6.07) is 3.73. The number of carbonyl (C=O) groups is 1. The van der Waals surface area contributed by atoms with E-state index in [1.165, 1.54) is 0 Å². The standard InChI is InChI=1S/C11H14N4O/c1-8-6-10(9(2)15(8)3)7-13-14-11(16)4-5-12/h6-7H,4H2,1-3H3,(H,14,16)/b13-7-. The molecule has 84 valence electrons. The maximum absolute atomic E-state index is 10.9. The minimum Gasteiger partial charge on any atom is -0.352 e. The molecule has 0 radical (unpaired) electrons.